The Morgan fingerprint density at radius 2 is 1.80 bits per heavy atom. The van der Waals surface area contributed by atoms with Crippen LogP contribution in [0, 0.1) is 17.8 Å². The topological polar surface area (TPSA) is 49.9 Å². The minimum absolute atomic E-state index is 0.341. The quantitative estimate of drug-likeness (QED) is 0.248. The molecule has 40 heavy (non-hydrogen) atoms. The standard InChI is InChI=1S/C36H51N3O/c1-11-29(12-2)28(9)33(32-16-15-31(40-10)20-27(32)8)21-25(6)24(5)18-23(4)19-26(7)30-14-17-34-35(22-30)39-36(38-34)37-13-3/h14-17,19-20,22,24-25,27H,7,11-13,18,21H2,1-6,8-10H3,(H2,37,38,39). The Morgan fingerprint density at radius 3 is 2.42 bits per heavy atom. The maximum absolute atomic E-state index is 5.52. The van der Waals surface area contributed by atoms with E-state index < -0.39 is 0 Å². The van der Waals surface area contributed by atoms with E-state index in [-0.39, 0.29) is 0 Å². The maximum Gasteiger partial charge on any atom is 0.201 e. The fourth-order valence-corrected chi connectivity index (χ4v) is 5.84. The number of anilines is 1. The molecule has 3 unspecified atom stereocenters. The Bertz CT molecular complexity index is 1340. The summed E-state index contributed by atoms with van der Waals surface area (Å²) >= 11 is 0. The largest absolute Gasteiger partial charge is 0.497 e. The molecule has 3 atom stereocenters. The molecule has 0 saturated carbocycles. The lowest BCUT2D eigenvalue weighted by Crippen LogP contribution is -2.14. The molecule has 4 heteroatoms. The summed E-state index contributed by atoms with van der Waals surface area (Å²) in [5.74, 6) is 3.20. The fourth-order valence-electron chi connectivity index (χ4n) is 5.84. The van der Waals surface area contributed by atoms with Gasteiger partial charge in [0.25, 0.3) is 0 Å². The molecular weight excluding hydrogens is 490 g/mol. The van der Waals surface area contributed by atoms with Crippen molar-refractivity contribution in [2.75, 3.05) is 19.0 Å². The van der Waals surface area contributed by atoms with Crippen molar-refractivity contribution in [1.29, 1.82) is 0 Å². The number of rotatable bonds is 13. The van der Waals surface area contributed by atoms with Crippen molar-refractivity contribution in [3.05, 3.63) is 88.3 Å². The predicted molar refractivity (Wildman–Crippen MR) is 174 cm³/mol. The minimum atomic E-state index is 0.341. The molecular formula is C36H51N3O. The molecule has 0 spiro atoms. The van der Waals surface area contributed by atoms with Crippen LogP contribution >= 0.6 is 0 Å². The summed E-state index contributed by atoms with van der Waals surface area (Å²) < 4.78 is 5.52. The molecule has 1 aliphatic carbocycles. The van der Waals surface area contributed by atoms with Gasteiger partial charge in [-0.05, 0) is 110 Å². The Kier molecular flexibility index (Phi) is 11.2. The normalized spacial score (nSPS) is 18.3. The van der Waals surface area contributed by atoms with Crippen molar-refractivity contribution >= 4 is 22.6 Å². The maximum atomic E-state index is 5.52. The second kappa shape index (κ2) is 14.4. The molecule has 3 rings (SSSR count). The van der Waals surface area contributed by atoms with Gasteiger partial charge in [-0.25, -0.2) is 4.98 Å². The average Bonchev–Trinajstić information content (AvgIpc) is 3.34. The minimum Gasteiger partial charge on any atom is -0.497 e. The predicted octanol–water partition coefficient (Wildman–Crippen LogP) is 10.2. The van der Waals surface area contributed by atoms with Crippen LogP contribution in [0.25, 0.3) is 16.6 Å². The van der Waals surface area contributed by atoms with Crippen LogP contribution in [0.3, 0.4) is 0 Å². The highest BCUT2D eigenvalue weighted by atomic mass is 16.5. The van der Waals surface area contributed by atoms with E-state index >= 15 is 0 Å². The molecule has 0 saturated heterocycles. The number of nitrogens with zero attached hydrogens (tertiary/aromatic N) is 1. The molecule has 1 aromatic heterocycles. The van der Waals surface area contributed by atoms with Gasteiger partial charge in [0.2, 0.25) is 5.95 Å². The van der Waals surface area contributed by atoms with Crippen molar-refractivity contribution in [2.45, 2.75) is 81.1 Å². The average molecular weight is 542 g/mol. The Morgan fingerprint density at radius 1 is 1.10 bits per heavy atom. The van der Waals surface area contributed by atoms with E-state index in [9.17, 15) is 0 Å². The van der Waals surface area contributed by atoms with Crippen molar-refractivity contribution < 1.29 is 4.74 Å². The van der Waals surface area contributed by atoms with Gasteiger partial charge < -0.3 is 15.0 Å². The molecule has 2 N–H and O–H groups in total. The monoisotopic (exact) mass is 541 g/mol. The zero-order chi connectivity index (χ0) is 29.4. The molecule has 0 fully saturated rings. The van der Waals surface area contributed by atoms with Crippen LogP contribution in [-0.2, 0) is 4.74 Å². The van der Waals surface area contributed by atoms with Crippen LogP contribution in [0.4, 0.5) is 5.95 Å². The first-order valence-corrected chi connectivity index (χ1v) is 15.1. The summed E-state index contributed by atoms with van der Waals surface area (Å²) in [4.78, 5) is 7.96. The van der Waals surface area contributed by atoms with Gasteiger partial charge in [0.05, 0.1) is 18.1 Å². The van der Waals surface area contributed by atoms with E-state index in [1.54, 1.807) is 12.7 Å². The third-order valence-electron chi connectivity index (χ3n) is 8.51. The van der Waals surface area contributed by atoms with Gasteiger partial charge in [-0.1, -0.05) is 70.6 Å². The van der Waals surface area contributed by atoms with Crippen molar-refractivity contribution in [1.82, 2.24) is 9.97 Å². The van der Waals surface area contributed by atoms with Crippen LogP contribution in [0.5, 0.6) is 0 Å². The molecule has 1 aromatic carbocycles. The number of nitrogens with one attached hydrogen (secondary N) is 2. The van der Waals surface area contributed by atoms with Crippen LogP contribution in [0.1, 0.15) is 86.6 Å². The number of ether oxygens (including phenoxy) is 1. The molecule has 0 amide bonds. The fraction of sp³-hybridized carbons (Fsp3) is 0.472. The summed E-state index contributed by atoms with van der Waals surface area (Å²) in [6.07, 6.45) is 13.2. The summed E-state index contributed by atoms with van der Waals surface area (Å²) in [5, 5.41) is 3.25. The molecule has 1 heterocycles. The SMILES string of the molecule is C=C(C=C(C)CC(C)C(C)CC(C(C)=C(CC)CC)=C1C=CC(OC)=CC1C)c1ccc2nc(NCC)[nH]c2c1. The number of aromatic nitrogens is 2. The lowest BCUT2D eigenvalue weighted by atomic mass is 9.78. The van der Waals surface area contributed by atoms with E-state index in [1.165, 1.54) is 22.3 Å². The number of benzene rings is 1. The second-order valence-corrected chi connectivity index (χ2v) is 11.5. The zero-order valence-corrected chi connectivity index (χ0v) is 26.4. The lowest BCUT2D eigenvalue weighted by molar-refractivity contribution is 0.302. The zero-order valence-electron chi connectivity index (χ0n) is 26.4. The number of hydrogen-bond donors (Lipinski definition) is 2. The van der Waals surface area contributed by atoms with E-state index in [0.717, 1.165) is 66.1 Å². The van der Waals surface area contributed by atoms with Gasteiger partial charge in [-0.15, -0.1) is 0 Å². The number of hydrogen-bond acceptors (Lipinski definition) is 3. The van der Waals surface area contributed by atoms with Gasteiger partial charge in [-0.2, -0.15) is 0 Å². The van der Waals surface area contributed by atoms with E-state index in [4.69, 9.17) is 4.74 Å². The smallest absolute Gasteiger partial charge is 0.201 e. The summed E-state index contributed by atoms with van der Waals surface area (Å²) in [7, 11) is 1.75. The number of imidazole rings is 1. The summed E-state index contributed by atoms with van der Waals surface area (Å²) in [5.41, 5.74) is 11.5. The molecule has 0 bridgehead atoms. The third-order valence-corrected chi connectivity index (χ3v) is 8.51. The third kappa shape index (κ3) is 7.68. The molecule has 0 radical (unpaired) electrons. The van der Waals surface area contributed by atoms with Crippen molar-refractivity contribution in [3.63, 3.8) is 0 Å². The molecule has 216 valence electrons. The van der Waals surface area contributed by atoms with Crippen LogP contribution < -0.4 is 5.32 Å². The molecule has 4 nitrogen and oxygen atoms in total. The first kappa shape index (κ1) is 31.3. The van der Waals surface area contributed by atoms with Gasteiger partial charge in [0.1, 0.15) is 5.76 Å². The van der Waals surface area contributed by atoms with Crippen LogP contribution in [-0.4, -0.2) is 23.6 Å². The Balaban J connectivity index is 1.77. The van der Waals surface area contributed by atoms with Gasteiger partial charge >= 0.3 is 0 Å². The van der Waals surface area contributed by atoms with E-state index in [2.05, 4.69) is 120 Å². The van der Waals surface area contributed by atoms with Crippen molar-refractivity contribution in [3.8, 4) is 0 Å². The highest BCUT2D eigenvalue weighted by Gasteiger charge is 2.22. The first-order chi connectivity index (χ1) is 19.1. The van der Waals surface area contributed by atoms with Crippen molar-refractivity contribution in [2.24, 2.45) is 17.8 Å². The number of H-pyrrole nitrogens is 1. The highest BCUT2D eigenvalue weighted by molar-refractivity contribution is 5.84. The highest BCUT2D eigenvalue weighted by Crippen LogP contribution is 2.37. The van der Waals surface area contributed by atoms with Gasteiger partial charge in [0, 0.05) is 12.5 Å². The summed E-state index contributed by atoms with van der Waals surface area (Å²) in [6, 6.07) is 6.33. The number of methoxy groups -OCH3 is 1. The Labute approximate surface area is 243 Å². The molecule has 0 aliphatic heterocycles. The van der Waals surface area contributed by atoms with E-state index in [0.29, 0.717) is 17.8 Å². The molecule has 1 aliphatic rings. The number of aromatic amines is 1. The van der Waals surface area contributed by atoms with Gasteiger partial charge in [0.15, 0.2) is 0 Å². The first-order valence-electron chi connectivity index (χ1n) is 15.1. The van der Waals surface area contributed by atoms with E-state index in [1.807, 2.05) is 0 Å². The number of fused-ring (bicyclic) bond motifs is 1. The lowest BCUT2D eigenvalue weighted by Gasteiger charge is -2.27. The Hall–Kier alpha value is -3.27. The number of allylic oxidation sites excluding steroid dienone is 10. The second-order valence-electron chi connectivity index (χ2n) is 11.5. The van der Waals surface area contributed by atoms with Gasteiger partial charge in [-0.3, -0.25) is 0 Å². The van der Waals surface area contributed by atoms with Crippen LogP contribution in [0.15, 0.2) is 82.7 Å². The molecule has 2 aromatic rings. The summed E-state index contributed by atoms with van der Waals surface area (Å²) in [6.45, 7) is 23.6. The van der Waals surface area contributed by atoms with Crippen LogP contribution in [0.2, 0.25) is 0 Å².